The predicted octanol–water partition coefficient (Wildman–Crippen LogP) is 16.1. The Labute approximate surface area is 365 Å². The van der Waals surface area contributed by atoms with E-state index in [1.165, 1.54) is 72.3 Å². The average molecular weight is 792 g/mol. The van der Waals surface area contributed by atoms with E-state index in [0.717, 1.165) is 23.5 Å². The first kappa shape index (κ1) is 37.3. The Balaban J connectivity index is 1.14. The first-order valence-corrected chi connectivity index (χ1v) is 21.7. The van der Waals surface area contributed by atoms with Crippen LogP contribution >= 0.6 is 0 Å². The van der Waals surface area contributed by atoms with Crippen LogP contribution in [0.5, 0.6) is 0 Å². The summed E-state index contributed by atoms with van der Waals surface area (Å²) in [4.78, 5) is 2.44. The molecule has 2 unspecified atom stereocenters. The highest BCUT2D eigenvalue weighted by atomic mass is 15.1. The number of anilines is 3. The Hall–Kier alpha value is -7.74. The summed E-state index contributed by atoms with van der Waals surface area (Å²) >= 11 is 0. The van der Waals surface area contributed by atoms with Crippen molar-refractivity contribution in [3.05, 3.63) is 283 Å². The van der Waals surface area contributed by atoms with Crippen LogP contribution in [0.25, 0.3) is 44.5 Å². The van der Waals surface area contributed by atoms with Gasteiger partial charge in [0.2, 0.25) is 0 Å². The van der Waals surface area contributed by atoms with Gasteiger partial charge in [-0.1, -0.05) is 218 Å². The van der Waals surface area contributed by atoms with Crippen molar-refractivity contribution in [1.29, 1.82) is 0 Å². The van der Waals surface area contributed by atoms with E-state index in [1.54, 1.807) is 0 Å². The number of fused-ring (bicyclic) bond motifs is 3. The standard InChI is InChI=1S/C61H45N/c1-5-17-44(18-6-1)48-31-35-52(36-32-48)61(53-37-33-49(34-38-53)45-19-7-2-8-20-45)59-30-14-13-29-57(59)58-40-39-56(43-60(58)61)62(54-27-15-25-50(41-54)46-21-9-3-10-22-46)55-28-16-26-51(42-55)47-23-11-4-12-24-47/h1-19,21-43,45H,20H2. The summed E-state index contributed by atoms with van der Waals surface area (Å²) in [7, 11) is 0. The highest BCUT2D eigenvalue weighted by Crippen LogP contribution is 2.57. The molecule has 1 heteroatoms. The Kier molecular flexibility index (Phi) is 9.64. The fourth-order valence-corrected chi connectivity index (χ4v) is 9.90. The lowest BCUT2D eigenvalue weighted by Crippen LogP contribution is -2.29. The lowest BCUT2D eigenvalue weighted by Gasteiger charge is -2.35. The molecule has 0 aliphatic heterocycles. The van der Waals surface area contributed by atoms with Crippen molar-refractivity contribution >= 4 is 17.1 Å². The highest BCUT2D eigenvalue weighted by Gasteiger charge is 2.46. The third-order valence-corrected chi connectivity index (χ3v) is 12.9. The number of allylic oxidation sites excluding steroid dienone is 4. The topological polar surface area (TPSA) is 3.24 Å². The van der Waals surface area contributed by atoms with Gasteiger partial charge < -0.3 is 4.90 Å². The number of hydrogen-bond acceptors (Lipinski definition) is 1. The van der Waals surface area contributed by atoms with Crippen molar-refractivity contribution < 1.29 is 0 Å². The number of benzene rings is 9. The molecule has 0 heterocycles. The van der Waals surface area contributed by atoms with Gasteiger partial charge in [-0.25, -0.2) is 0 Å². The van der Waals surface area contributed by atoms with Gasteiger partial charge in [-0.3, -0.25) is 0 Å². The molecule has 2 atom stereocenters. The Morgan fingerprint density at radius 1 is 0.355 bits per heavy atom. The zero-order valence-electron chi connectivity index (χ0n) is 34.5. The largest absolute Gasteiger partial charge is 0.310 e. The van der Waals surface area contributed by atoms with Crippen LogP contribution in [0.1, 0.15) is 40.2 Å². The van der Waals surface area contributed by atoms with Gasteiger partial charge in [0, 0.05) is 23.0 Å². The lowest BCUT2D eigenvalue weighted by atomic mass is 9.67. The van der Waals surface area contributed by atoms with Crippen LogP contribution in [0.3, 0.4) is 0 Å². The van der Waals surface area contributed by atoms with E-state index in [9.17, 15) is 0 Å². The van der Waals surface area contributed by atoms with Crippen molar-refractivity contribution in [3.8, 4) is 44.5 Å². The summed E-state index contributed by atoms with van der Waals surface area (Å²) in [5, 5.41) is 0. The molecule has 0 bridgehead atoms. The summed E-state index contributed by atoms with van der Waals surface area (Å²) < 4.78 is 0. The Bertz CT molecular complexity index is 2990. The third-order valence-electron chi connectivity index (χ3n) is 12.9. The van der Waals surface area contributed by atoms with Gasteiger partial charge in [0.15, 0.2) is 0 Å². The van der Waals surface area contributed by atoms with Crippen molar-refractivity contribution in [2.45, 2.75) is 17.8 Å². The Morgan fingerprint density at radius 3 is 1.42 bits per heavy atom. The number of hydrogen-bond donors (Lipinski definition) is 0. The van der Waals surface area contributed by atoms with E-state index in [2.05, 4.69) is 260 Å². The van der Waals surface area contributed by atoms with Crippen LogP contribution in [0.4, 0.5) is 17.1 Å². The van der Waals surface area contributed by atoms with Crippen molar-refractivity contribution in [2.24, 2.45) is 0 Å². The minimum Gasteiger partial charge on any atom is -0.310 e. The second-order valence-electron chi connectivity index (χ2n) is 16.4. The van der Waals surface area contributed by atoms with E-state index in [1.807, 2.05) is 0 Å². The first-order valence-electron chi connectivity index (χ1n) is 21.7. The van der Waals surface area contributed by atoms with Crippen LogP contribution in [0.2, 0.25) is 0 Å². The fourth-order valence-electron chi connectivity index (χ4n) is 9.90. The van der Waals surface area contributed by atoms with Crippen LogP contribution in [0, 0.1) is 0 Å². The fraction of sp³-hybridized carbons (Fsp3) is 0.0492. The molecule has 0 N–H and O–H groups in total. The zero-order valence-corrected chi connectivity index (χ0v) is 34.5. The molecular weight excluding hydrogens is 747 g/mol. The van der Waals surface area contributed by atoms with Gasteiger partial charge in [0.1, 0.15) is 0 Å². The van der Waals surface area contributed by atoms with E-state index in [0.29, 0.717) is 5.92 Å². The minimum atomic E-state index is -0.582. The van der Waals surface area contributed by atoms with Crippen LogP contribution in [-0.4, -0.2) is 0 Å². The van der Waals surface area contributed by atoms with Crippen LogP contribution < -0.4 is 4.90 Å². The second kappa shape index (κ2) is 16.0. The maximum absolute atomic E-state index is 2.48. The van der Waals surface area contributed by atoms with Gasteiger partial charge in [0.05, 0.1) is 5.41 Å². The van der Waals surface area contributed by atoms with E-state index >= 15 is 0 Å². The molecule has 9 aromatic carbocycles. The third kappa shape index (κ3) is 6.60. The van der Waals surface area contributed by atoms with E-state index < -0.39 is 5.41 Å². The van der Waals surface area contributed by atoms with Gasteiger partial charge in [-0.15, -0.1) is 0 Å². The molecule has 11 rings (SSSR count). The van der Waals surface area contributed by atoms with Crippen molar-refractivity contribution in [1.82, 2.24) is 0 Å². The molecule has 0 saturated heterocycles. The molecule has 62 heavy (non-hydrogen) atoms. The Morgan fingerprint density at radius 2 is 0.839 bits per heavy atom. The summed E-state index contributed by atoms with van der Waals surface area (Å²) in [5.74, 6) is 0.372. The summed E-state index contributed by atoms with van der Waals surface area (Å²) in [6, 6.07) is 85.1. The second-order valence-corrected chi connectivity index (χ2v) is 16.4. The maximum atomic E-state index is 2.48. The van der Waals surface area contributed by atoms with Gasteiger partial charge in [0.25, 0.3) is 0 Å². The highest BCUT2D eigenvalue weighted by molar-refractivity contribution is 5.90. The summed E-state index contributed by atoms with van der Waals surface area (Å²) in [6.07, 6.45) is 9.95. The molecule has 9 aromatic rings. The molecule has 1 nitrogen and oxygen atoms in total. The minimum absolute atomic E-state index is 0.372. The molecule has 0 spiro atoms. The molecule has 0 radical (unpaired) electrons. The SMILES string of the molecule is C1=CCC(c2ccc(C3(c4ccc(-c5ccccc5)cc4)c4ccccc4-c4ccc(N(c5cccc(-c6ccccc6)c5)c5cccc(-c6ccccc6)c5)cc43)cc2)C=C1. The molecular formula is C61H45N. The summed E-state index contributed by atoms with van der Waals surface area (Å²) in [6.45, 7) is 0. The maximum Gasteiger partial charge on any atom is 0.0714 e. The molecule has 0 fully saturated rings. The van der Waals surface area contributed by atoms with Crippen molar-refractivity contribution in [2.75, 3.05) is 4.90 Å². The lowest BCUT2D eigenvalue weighted by molar-refractivity contribution is 0.765. The molecule has 2 aliphatic carbocycles. The normalized spacial score (nSPS) is 16.1. The van der Waals surface area contributed by atoms with Gasteiger partial charge in [-0.05, 0) is 115 Å². The molecule has 0 amide bonds. The van der Waals surface area contributed by atoms with Crippen LogP contribution in [0.15, 0.2) is 255 Å². The predicted molar refractivity (Wildman–Crippen MR) is 260 cm³/mol. The monoisotopic (exact) mass is 791 g/mol. The molecule has 0 saturated carbocycles. The molecule has 294 valence electrons. The molecule has 0 aromatic heterocycles. The van der Waals surface area contributed by atoms with Gasteiger partial charge >= 0.3 is 0 Å². The van der Waals surface area contributed by atoms with Crippen LogP contribution in [-0.2, 0) is 5.41 Å². The summed E-state index contributed by atoms with van der Waals surface area (Å²) in [5.41, 5.74) is 18.9. The first-order chi connectivity index (χ1) is 30.7. The van der Waals surface area contributed by atoms with Crippen molar-refractivity contribution in [3.63, 3.8) is 0 Å². The van der Waals surface area contributed by atoms with E-state index in [-0.39, 0.29) is 0 Å². The van der Waals surface area contributed by atoms with Gasteiger partial charge in [-0.2, -0.15) is 0 Å². The van der Waals surface area contributed by atoms with E-state index in [4.69, 9.17) is 0 Å². The number of rotatable bonds is 9. The average Bonchev–Trinajstić information content (AvgIpc) is 3.66. The smallest absolute Gasteiger partial charge is 0.0714 e. The zero-order chi connectivity index (χ0) is 41.3. The number of nitrogens with zero attached hydrogens (tertiary/aromatic N) is 1. The quantitative estimate of drug-likeness (QED) is 0.141. The molecule has 2 aliphatic rings.